The Morgan fingerprint density at radius 3 is 2.56 bits per heavy atom. The third kappa shape index (κ3) is 2.81. The van der Waals surface area contributed by atoms with Gasteiger partial charge in [0.15, 0.2) is 5.03 Å². The van der Waals surface area contributed by atoms with Gasteiger partial charge in [0, 0.05) is 13.1 Å². The van der Waals surface area contributed by atoms with E-state index in [-0.39, 0.29) is 17.6 Å². The Morgan fingerprint density at radius 1 is 1.56 bits per heavy atom. The van der Waals surface area contributed by atoms with Crippen LogP contribution in [0.2, 0.25) is 0 Å². The number of sulfonamides is 1. The summed E-state index contributed by atoms with van der Waals surface area (Å²) in [6.45, 7) is 3.45. The van der Waals surface area contributed by atoms with E-state index in [4.69, 9.17) is 5.11 Å². The Kier molecular flexibility index (Phi) is 4.06. The standard InChI is InChI=1S/C9H17N3O3S/c1-7(2)8(6-13)11-16(14,15)9-4-5-10-12(9)3/h4-5,7-8,11,13H,6H2,1-3H3. The molecule has 7 heteroatoms. The molecule has 0 aliphatic rings. The fraction of sp³-hybridized carbons (Fsp3) is 0.667. The first-order chi connectivity index (χ1) is 7.38. The van der Waals surface area contributed by atoms with Gasteiger partial charge in [0.05, 0.1) is 12.8 Å². The van der Waals surface area contributed by atoms with Gasteiger partial charge >= 0.3 is 0 Å². The molecule has 0 aliphatic heterocycles. The summed E-state index contributed by atoms with van der Waals surface area (Å²) in [5.41, 5.74) is 0. The molecule has 6 nitrogen and oxygen atoms in total. The number of aliphatic hydroxyl groups is 1. The van der Waals surface area contributed by atoms with E-state index in [0.29, 0.717) is 0 Å². The molecule has 0 fully saturated rings. The molecule has 1 aromatic rings. The van der Waals surface area contributed by atoms with Gasteiger partial charge in [0.2, 0.25) is 0 Å². The van der Waals surface area contributed by atoms with Crippen molar-refractivity contribution in [3.8, 4) is 0 Å². The fourth-order valence-electron chi connectivity index (χ4n) is 1.27. The molecule has 0 saturated carbocycles. The van der Waals surface area contributed by atoms with Crippen LogP contribution in [0.25, 0.3) is 0 Å². The zero-order valence-electron chi connectivity index (χ0n) is 9.58. The van der Waals surface area contributed by atoms with Crippen molar-refractivity contribution in [3.05, 3.63) is 12.3 Å². The van der Waals surface area contributed by atoms with E-state index < -0.39 is 16.1 Å². The van der Waals surface area contributed by atoms with Crippen LogP contribution in [-0.2, 0) is 17.1 Å². The lowest BCUT2D eigenvalue weighted by Gasteiger charge is -2.19. The van der Waals surface area contributed by atoms with Gasteiger partial charge < -0.3 is 5.11 Å². The lowest BCUT2D eigenvalue weighted by atomic mass is 10.1. The summed E-state index contributed by atoms with van der Waals surface area (Å²) in [5.74, 6) is 0.0213. The maximum Gasteiger partial charge on any atom is 0.258 e. The normalized spacial score (nSPS) is 14.3. The van der Waals surface area contributed by atoms with Gasteiger partial charge in [0.25, 0.3) is 10.0 Å². The molecule has 0 aromatic carbocycles. The van der Waals surface area contributed by atoms with Crippen LogP contribution >= 0.6 is 0 Å². The third-order valence-electron chi connectivity index (χ3n) is 2.36. The van der Waals surface area contributed by atoms with Crippen LogP contribution in [0.3, 0.4) is 0 Å². The van der Waals surface area contributed by atoms with Crippen molar-refractivity contribution < 1.29 is 13.5 Å². The Labute approximate surface area is 95.3 Å². The lowest BCUT2D eigenvalue weighted by molar-refractivity contribution is 0.227. The first kappa shape index (κ1) is 13.1. The quantitative estimate of drug-likeness (QED) is 0.749. The minimum atomic E-state index is -3.61. The largest absolute Gasteiger partial charge is 0.395 e. The van der Waals surface area contributed by atoms with Gasteiger partial charge in [-0.3, -0.25) is 4.68 Å². The summed E-state index contributed by atoms with van der Waals surface area (Å²) in [7, 11) is -2.06. The maximum atomic E-state index is 11.9. The monoisotopic (exact) mass is 247 g/mol. The van der Waals surface area contributed by atoms with E-state index in [2.05, 4.69) is 9.82 Å². The number of rotatable bonds is 5. The topological polar surface area (TPSA) is 84.2 Å². The number of aryl methyl sites for hydroxylation is 1. The number of nitrogens with one attached hydrogen (secondary N) is 1. The second kappa shape index (κ2) is 4.94. The number of hydrogen-bond acceptors (Lipinski definition) is 4. The van der Waals surface area contributed by atoms with Crippen molar-refractivity contribution in [2.24, 2.45) is 13.0 Å². The summed E-state index contributed by atoms with van der Waals surface area (Å²) >= 11 is 0. The van der Waals surface area contributed by atoms with Crippen molar-refractivity contribution in [1.82, 2.24) is 14.5 Å². The number of nitrogens with zero attached hydrogens (tertiary/aromatic N) is 2. The fourth-order valence-corrected chi connectivity index (χ4v) is 2.77. The van der Waals surface area contributed by atoms with Crippen molar-refractivity contribution in [3.63, 3.8) is 0 Å². The van der Waals surface area contributed by atoms with E-state index in [1.54, 1.807) is 7.05 Å². The van der Waals surface area contributed by atoms with Crippen LogP contribution in [0, 0.1) is 5.92 Å². The van der Waals surface area contributed by atoms with Gasteiger partial charge in [-0.25, -0.2) is 13.1 Å². The zero-order valence-corrected chi connectivity index (χ0v) is 10.4. The summed E-state index contributed by atoms with van der Waals surface area (Å²) in [6, 6.07) is 0.928. The van der Waals surface area contributed by atoms with Crippen LogP contribution in [0.4, 0.5) is 0 Å². The molecule has 0 amide bonds. The van der Waals surface area contributed by atoms with E-state index in [0.717, 1.165) is 0 Å². The SMILES string of the molecule is CC(C)C(CO)NS(=O)(=O)c1ccnn1C. The van der Waals surface area contributed by atoms with Crippen molar-refractivity contribution in [2.45, 2.75) is 24.9 Å². The second-order valence-corrected chi connectivity index (χ2v) is 5.61. The highest BCUT2D eigenvalue weighted by atomic mass is 32.2. The average Bonchev–Trinajstić information content (AvgIpc) is 2.61. The molecule has 0 radical (unpaired) electrons. The predicted octanol–water partition coefficient (Wildman–Crippen LogP) is -0.285. The molecule has 1 atom stereocenters. The Hall–Kier alpha value is -0.920. The molecule has 1 rings (SSSR count). The summed E-state index contributed by atoms with van der Waals surface area (Å²) in [5, 5.41) is 13.0. The van der Waals surface area contributed by atoms with Gasteiger partial charge in [-0.1, -0.05) is 13.8 Å². The first-order valence-electron chi connectivity index (χ1n) is 4.99. The average molecular weight is 247 g/mol. The lowest BCUT2D eigenvalue weighted by Crippen LogP contribution is -2.41. The highest BCUT2D eigenvalue weighted by Gasteiger charge is 2.23. The van der Waals surface area contributed by atoms with Crippen LogP contribution in [0.1, 0.15) is 13.8 Å². The molecule has 1 aromatic heterocycles. The van der Waals surface area contributed by atoms with E-state index in [1.165, 1.54) is 16.9 Å². The molecule has 92 valence electrons. The Morgan fingerprint density at radius 2 is 2.19 bits per heavy atom. The maximum absolute atomic E-state index is 11.9. The van der Waals surface area contributed by atoms with Gasteiger partial charge in [-0.15, -0.1) is 0 Å². The molecule has 0 bridgehead atoms. The molecular formula is C9H17N3O3S. The zero-order chi connectivity index (χ0) is 12.3. The van der Waals surface area contributed by atoms with E-state index >= 15 is 0 Å². The number of aromatic nitrogens is 2. The molecular weight excluding hydrogens is 230 g/mol. The van der Waals surface area contributed by atoms with E-state index in [1.807, 2.05) is 13.8 Å². The number of aliphatic hydroxyl groups excluding tert-OH is 1. The molecule has 1 heterocycles. The van der Waals surface area contributed by atoms with Gasteiger partial charge in [-0.2, -0.15) is 5.10 Å². The van der Waals surface area contributed by atoms with Crippen molar-refractivity contribution in [1.29, 1.82) is 0 Å². The van der Waals surface area contributed by atoms with Gasteiger partial charge in [0.1, 0.15) is 0 Å². The van der Waals surface area contributed by atoms with Crippen LogP contribution in [-0.4, -0.2) is 36.0 Å². The molecule has 16 heavy (non-hydrogen) atoms. The highest BCUT2D eigenvalue weighted by molar-refractivity contribution is 7.89. The third-order valence-corrected chi connectivity index (χ3v) is 3.92. The minimum absolute atomic E-state index is 0.0213. The molecule has 1 unspecified atom stereocenters. The molecule has 0 saturated heterocycles. The molecule has 0 aliphatic carbocycles. The first-order valence-corrected chi connectivity index (χ1v) is 6.48. The number of hydrogen-bond donors (Lipinski definition) is 2. The Bertz CT molecular complexity index is 439. The van der Waals surface area contributed by atoms with Crippen molar-refractivity contribution >= 4 is 10.0 Å². The smallest absolute Gasteiger partial charge is 0.258 e. The Balaban J connectivity index is 2.92. The van der Waals surface area contributed by atoms with Gasteiger partial charge in [-0.05, 0) is 12.0 Å². The molecule has 2 N–H and O–H groups in total. The molecule has 0 spiro atoms. The highest BCUT2D eigenvalue weighted by Crippen LogP contribution is 2.09. The summed E-state index contributed by atoms with van der Waals surface area (Å²) < 4.78 is 27.5. The van der Waals surface area contributed by atoms with E-state index in [9.17, 15) is 8.42 Å². The summed E-state index contributed by atoms with van der Waals surface area (Å²) in [6.07, 6.45) is 1.41. The van der Waals surface area contributed by atoms with Crippen LogP contribution in [0.15, 0.2) is 17.3 Å². The van der Waals surface area contributed by atoms with Crippen LogP contribution < -0.4 is 4.72 Å². The van der Waals surface area contributed by atoms with Crippen LogP contribution in [0.5, 0.6) is 0 Å². The summed E-state index contributed by atoms with van der Waals surface area (Å²) in [4.78, 5) is 0. The van der Waals surface area contributed by atoms with Crippen molar-refractivity contribution in [2.75, 3.05) is 6.61 Å². The predicted molar refractivity (Wildman–Crippen MR) is 59.2 cm³/mol. The second-order valence-electron chi connectivity index (χ2n) is 3.95. The minimum Gasteiger partial charge on any atom is -0.395 e.